The summed E-state index contributed by atoms with van der Waals surface area (Å²) in [6.45, 7) is 1.40. The first-order valence-electron chi connectivity index (χ1n) is 8.49. The summed E-state index contributed by atoms with van der Waals surface area (Å²) >= 11 is 0. The molecule has 1 aromatic heterocycles. The Bertz CT molecular complexity index is 1080. The zero-order valence-electron chi connectivity index (χ0n) is 13.8. The van der Waals surface area contributed by atoms with Crippen molar-refractivity contribution in [3.8, 4) is 22.5 Å². The number of fused-ring (bicyclic) bond motifs is 2. The van der Waals surface area contributed by atoms with E-state index < -0.39 is 17.5 Å². The number of hydrogen-bond donors (Lipinski definition) is 0. The van der Waals surface area contributed by atoms with Crippen LogP contribution in [0.2, 0.25) is 0 Å². The van der Waals surface area contributed by atoms with Crippen LogP contribution >= 0.6 is 0 Å². The fourth-order valence-electron chi connectivity index (χ4n) is 3.78. The number of halogens is 3. The Labute approximate surface area is 147 Å². The van der Waals surface area contributed by atoms with Crippen molar-refractivity contribution in [2.75, 3.05) is 0 Å². The summed E-state index contributed by atoms with van der Waals surface area (Å²) in [6, 6.07) is 7.46. The van der Waals surface area contributed by atoms with Gasteiger partial charge in [0.1, 0.15) is 11.6 Å². The van der Waals surface area contributed by atoms with Gasteiger partial charge >= 0.3 is 0 Å². The van der Waals surface area contributed by atoms with Crippen molar-refractivity contribution in [3.63, 3.8) is 0 Å². The van der Waals surface area contributed by atoms with Gasteiger partial charge in [0.15, 0.2) is 11.6 Å². The summed E-state index contributed by atoms with van der Waals surface area (Å²) < 4.78 is 44.0. The minimum absolute atomic E-state index is 0.145. The van der Waals surface area contributed by atoms with Crippen LogP contribution in [0, 0.1) is 17.5 Å². The lowest BCUT2D eigenvalue weighted by molar-refractivity contribution is 0.497. The van der Waals surface area contributed by atoms with E-state index in [-0.39, 0.29) is 11.3 Å². The van der Waals surface area contributed by atoms with Crippen LogP contribution in [0.25, 0.3) is 22.5 Å². The van der Waals surface area contributed by atoms with E-state index >= 15 is 0 Å². The monoisotopic (exact) mass is 353 g/mol. The molecule has 3 aromatic rings. The molecule has 0 aliphatic carbocycles. The van der Waals surface area contributed by atoms with E-state index in [1.165, 1.54) is 0 Å². The van der Waals surface area contributed by atoms with Crippen LogP contribution in [-0.4, -0.2) is 15.8 Å². The van der Waals surface area contributed by atoms with Crippen LogP contribution in [0.1, 0.15) is 23.4 Å². The number of imidazole rings is 1. The van der Waals surface area contributed by atoms with Crippen LogP contribution in [0.4, 0.5) is 13.2 Å². The first-order valence-corrected chi connectivity index (χ1v) is 8.49. The van der Waals surface area contributed by atoms with Gasteiger partial charge in [-0.25, -0.2) is 18.2 Å². The largest absolute Gasteiger partial charge is 0.327 e. The van der Waals surface area contributed by atoms with Crippen LogP contribution in [0.15, 0.2) is 35.3 Å². The Balaban J connectivity index is 1.77. The third-order valence-corrected chi connectivity index (χ3v) is 4.99. The summed E-state index contributed by atoms with van der Waals surface area (Å²) in [6.07, 6.45) is 3.52. The summed E-state index contributed by atoms with van der Waals surface area (Å²) in [7, 11) is 0. The fraction of sp³-hybridized carbons (Fsp3) is 0.200. The first kappa shape index (κ1) is 15.4. The van der Waals surface area contributed by atoms with E-state index in [4.69, 9.17) is 0 Å². The number of nitrogens with zero attached hydrogens (tertiary/aromatic N) is 3. The van der Waals surface area contributed by atoms with Gasteiger partial charge in [-0.2, -0.15) is 0 Å². The van der Waals surface area contributed by atoms with E-state index in [0.717, 1.165) is 48.0 Å². The normalized spacial score (nSPS) is 14.7. The Kier molecular flexibility index (Phi) is 3.29. The smallest absolute Gasteiger partial charge is 0.168 e. The maximum Gasteiger partial charge on any atom is 0.168 e. The second kappa shape index (κ2) is 5.56. The van der Waals surface area contributed by atoms with Crippen molar-refractivity contribution in [2.24, 2.45) is 4.99 Å². The van der Waals surface area contributed by atoms with E-state index in [1.807, 2.05) is 29.0 Å². The summed E-state index contributed by atoms with van der Waals surface area (Å²) in [4.78, 5) is 8.79. The van der Waals surface area contributed by atoms with Crippen LogP contribution < -0.4 is 0 Å². The van der Waals surface area contributed by atoms with Gasteiger partial charge in [-0.05, 0) is 29.7 Å². The Morgan fingerprint density at radius 1 is 1.04 bits per heavy atom. The molecule has 0 saturated carbocycles. The van der Waals surface area contributed by atoms with E-state index in [9.17, 15) is 13.2 Å². The molecular weight excluding hydrogens is 339 g/mol. The van der Waals surface area contributed by atoms with Gasteiger partial charge in [-0.15, -0.1) is 0 Å². The molecule has 0 bridgehead atoms. The van der Waals surface area contributed by atoms with Gasteiger partial charge in [0.05, 0.1) is 17.9 Å². The van der Waals surface area contributed by atoms with E-state index in [0.29, 0.717) is 18.3 Å². The van der Waals surface area contributed by atoms with Crippen molar-refractivity contribution in [2.45, 2.75) is 25.9 Å². The molecule has 3 nitrogen and oxygen atoms in total. The van der Waals surface area contributed by atoms with E-state index in [2.05, 4.69) is 9.98 Å². The Morgan fingerprint density at radius 2 is 1.92 bits per heavy atom. The zero-order valence-corrected chi connectivity index (χ0v) is 13.8. The molecule has 26 heavy (non-hydrogen) atoms. The van der Waals surface area contributed by atoms with Crippen LogP contribution in [0.5, 0.6) is 0 Å². The standard InChI is InChI=1S/C20H14F3N3/c21-14-7-15(18(23)16(22)8-14)19-20(26-5-1-2-17(26)25-19)11-3-4-12-9-24-10-13(12)6-11/h3-4,6-8,10H,1-2,5,9H2. The fourth-order valence-corrected chi connectivity index (χ4v) is 3.78. The number of benzene rings is 2. The third-order valence-electron chi connectivity index (χ3n) is 4.99. The third kappa shape index (κ3) is 2.21. The maximum atomic E-state index is 14.4. The van der Waals surface area contributed by atoms with Gasteiger partial charge in [-0.1, -0.05) is 12.1 Å². The van der Waals surface area contributed by atoms with Crippen LogP contribution in [-0.2, 0) is 19.5 Å². The highest BCUT2D eigenvalue weighted by molar-refractivity contribution is 5.88. The van der Waals surface area contributed by atoms with Gasteiger partial charge in [0.2, 0.25) is 0 Å². The molecule has 2 aromatic carbocycles. The molecule has 2 aliphatic rings. The molecular formula is C20H14F3N3. The minimum Gasteiger partial charge on any atom is -0.327 e. The molecule has 6 heteroatoms. The molecule has 3 heterocycles. The summed E-state index contributed by atoms with van der Waals surface area (Å²) in [5.74, 6) is -2.29. The average molecular weight is 353 g/mol. The maximum absolute atomic E-state index is 14.4. The number of hydrogen-bond acceptors (Lipinski definition) is 2. The highest BCUT2D eigenvalue weighted by Gasteiger charge is 2.26. The van der Waals surface area contributed by atoms with Crippen molar-refractivity contribution in [3.05, 3.63) is 64.7 Å². The SMILES string of the molecule is Fc1cc(F)c(F)c(-c2nc3n(c2-c2ccc4c(c2)C=NC4)CCC3)c1. The van der Waals surface area contributed by atoms with Crippen molar-refractivity contribution < 1.29 is 13.2 Å². The molecule has 0 radical (unpaired) electrons. The average Bonchev–Trinajstić information content (AvgIpc) is 3.32. The van der Waals surface area contributed by atoms with Gasteiger partial charge < -0.3 is 4.57 Å². The number of rotatable bonds is 2. The van der Waals surface area contributed by atoms with Crippen molar-refractivity contribution in [1.29, 1.82) is 0 Å². The van der Waals surface area contributed by atoms with E-state index in [1.54, 1.807) is 0 Å². The molecule has 0 unspecified atom stereocenters. The van der Waals surface area contributed by atoms with Gasteiger partial charge in [0, 0.05) is 36.4 Å². The summed E-state index contributed by atoms with van der Waals surface area (Å²) in [5.41, 5.74) is 3.81. The second-order valence-corrected chi connectivity index (χ2v) is 6.61. The predicted octanol–water partition coefficient (Wildman–Crippen LogP) is 4.51. The number of aryl methyl sites for hydroxylation is 1. The molecule has 0 N–H and O–H groups in total. The molecule has 0 saturated heterocycles. The highest BCUT2D eigenvalue weighted by Crippen LogP contribution is 2.38. The molecule has 0 spiro atoms. The van der Waals surface area contributed by atoms with Crippen molar-refractivity contribution in [1.82, 2.24) is 9.55 Å². The minimum atomic E-state index is -1.21. The Morgan fingerprint density at radius 3 is 2.81 bits per heavy atom. The number of aliphatic imine (C=N–C) groups is 1. The highest BCUT2D eigenvalue weighted by atomic mass is 19.2. The van der Waals surface area contributed by atoms with Crippen LogP contribution in [0.3, 0.4) is 0 Å². The lowest BCUT2D eigenvalue weighted by atomic mass is 10.00. The Hall–Kier alpha value is -2.89. The summed E-state index contributed by atoms with van der Waals surface area (Å²) in [5, 5.41) is 0. The molecule has 2 aliphatic heterocycles. The number of aromatic nitrogens is 2. The van der Waals surface area contributed by atoms with Crippen molar-refractivity contribution >= 4 is 6.21 Å². The molecule has 0 fully saturated rings. The molecule has 5 rings (SSSR count). The quantitative estimate of drug-likeness (QED) is 0.623. The second-order valence-electron chi connectivity index (χ2n) is 6.61. The predicted molar refractivity (Wildman–Crippen MR) is 92.6 cm³/mol. The topological polar surface area (TPSA) is 30.2 Å². The van der Waals surface area contributed by atoms with Gasteiger partial charge in [0.25, 0.3) is 0 Å². The van der Waals surface area contributed by atoms with Gasteiger partial charge in [-0.3, -0.25) is 4.99 Å². The zero-order chi connectivity index (χ0) is 17.8. The lowest BCUT2D eigenvalue weighted by Crippen LogP contribution is -1.99. The molecule has 0 amide bonds. The lowest BCUT2D eigenvalue weighted by Gasteiger charge is -2.11. The molecule has 130 valence electrons. The molecule has 0 atom stereocenters. The first-order chi connectivity index (χ1) is 12.6.